The molecule has 5 rings (SSSR count). The monoisotopic (exact) mass is 453 g/mol. The summed E-state index contributed by atoms with van der Waals surface area (Å²) in [6, 6.07) is 10.7. The van der Waals surface area contributed by atoms with Gasteiger partial charge in [-0.25, -0.2) is 0 Å². The number of hydrogen-bond donors (Lipinski definition) is 2. The van der Waals surface area contributed by atoms with Crippen molar-refractivity contribution in [3.05, 3.63) is 63.3 Å². The van der Waals surface area contributed by atoms with Crippen LogP contribution in [0.5, 0.6) is 5.75 Å². The van der Waals surface area contributed by atoms with Crippen molar-refractivity contribution in [3.63, 3.8) is 0 Å². The van der Waals surface area contributed by atoms with E-state index in [1.54, 1.807) is 31.4 Å². The number of nitrogens with zero attached hydrogens (tertiary/aromatic N) is 1. The number of carbonyl (C=O) groups excluding carboxylic acids is 2. The van der Waals surface area contributed by atoms with Gasteiger partial charge in [0.15, 0.2) is 0 Å². The third-order valence-electron chi connectivity index (χ3n) is 6.80. The van der Waals surface area contributed by atoms with Crippen LogP contribution in [0.4, 0.5) is 0 Å². The molecule has 0 saturated carbocycles. The number of hydrogen-bond acceptors (Lipinski definition) is 7. The second-order valence-corrected chi connectivity index (χ2v) is 9.58. The van der Waals surface area contributed by atoms with Gasteiger partial charge in [-0.15, -0.1) is 11.3 Å². The Balaban J connectivity index is 1.52. The van der Waals surface area contributed by atoms with Crippen LogP contribution in [0, 0.1) is 17.8 Å². The van der Waals surface area contributed by atoms with Crippen LogP contribution in [0.25, 0.3) is 0 Å². The average Bonchev–Trinajstić information content (AvgIpc) is 3.37. The van der Waals surface area contributed by atoms with Crippen molar-refractivity contribution in [2.75, 3.05) is 13.7 Å². The molecule has 166 valence electrons. The third-order valence-corrected chi connectivity index (χ3v) is 7.66. The van der Waals surface area contributed by atoms with E-state index >= 15 is 0 Å². The SMILES string of the molecule is COCC1=C2B(O)O[C@H](c3ccccc3O)C[C@H]2[C@H]2C(=O)N(Cc3cccs3)C(=O)[C@H]2C1. The number of fused-ring (bicyclic) bond motifs is 3. The largest absolute Gasteiger partial charge is 0.508 e. The summed E-state index contributed by atoms with van der Waals surface area (Å²) in [4.78, 5) is 29.1. The third kappa shape index (κ3) is 3.49. The van der Waals surface area contributed by atoms with E-state index in [1.807, 2.05) is 17.5 Å². The molecule has 2 aromatic rings. The summed E-state index contributed by atoms with van der Waals surface area (Å²) in [5.74, 6) is -1.67. The minimum absolute atomic E-state index is 0.0785. The maximum absolute atomic E-state index is 13.5. The lowest BCUT2D eigenvalue weighted by Gasteiger charge is -2.42. The first-order valence-electron chi connectivity index (χ1n) is 10.7. The van der Waals surface area contributed by atoms with Crippen LogP contribution in [-0.4, -0.2) is 47.7 Å². The fraction of sp³-hybridized carbons (Fsp3) is 0.391. The van der Waals surface area contributed by atoms with Crippen molar-refractivity contribution in [2.24, 2.45) is 17.8 Å². The number of likely N-dealkylation sites (tertiary alicyclic amines) is 1. The van der Waals surface area contributed by atoms with Crippen LogP contribution in [0.15, 0.2) is 52.8 Å². The lowest BCUT2D eigenvalue weighted by molar-refractivity contribution is -0.140. The molecule has 2 fully saturated rings. The fourth-order valence-electron chi connectivity index (χ4n) is 5.46. The summed E-state index contributed by atoms with van der Waals surface area (Å²) in [5.41, 5.74) is 2.04. The second kappa shape index (κ2) is 8.48. The quantitative estimate of drug-likeness (QED) is 0.534. The number of methoxy groups -OCH3 is 1. The maximum atomic E-state index is 13.5. The zero-order chi connectivity index (χ0) is 22.4. The highest BCUT2D eigenvalue weighted by atomic mass is 32.1. The minimum Gasteiger partial charge on any atom is -0.508 e. The van der Waals surface area contributed by atoms with Gasteiger partial charge in [-0.05, 0) is 47.3 Å². The first-order chi connectivity index (χ1) is 15.5. The molecule has 0 radical (unpaired) electrons. The van der Waals surface area contributed by atoms with Gasteiger partial charge in [0, 0.05) is 17.6 Å². The van der Waals surface area contributed by atoms with Crippen molar-refractivity contribution < 1.29 is 29.1 Å². The number of phenolic OH excluding ortho intramolecular Hbond substituents is 1. The topological polar surface area (TPSA) is 96.3 Å². The Morgan fingerprint density at radius 3 is 2.72 bits per heavy atom. The molecule has 3 heterocycles. The predicted octanol–water partition coefficient (Wildman–Crippen LogP) is 2.70. The van der Waals surface area contributed by atoms with Gasteiger partial charge in [0.1, 0.15) is 5.75 Å². The van der Waals surface area contributed by atoms with Crippen molar-refractivity contribution in [2.45, 2.75) is 25.5 Å². The molecule has 4 atom stereocenters. The van der Waals surface area contributed by atoms with Crippen LogP contribution < -0.4 is 0 Å². The van der Waals surface area contributed by atoms with E-state index in [4.69, 9.17) is 9.39 Å². The molecule has 0 spiro atoms. The number of thiophene rings is 1. The molecule has 2 saturated heterocycles. The van der Waals surface area contributed by atoms with Crippen LogP contribution in [-0.2, 0) is 25.5 Å². The number of para-hydroxylation sites is 1. The summed E-state index contributed by atoms with van der Waals surface area (Å²) in [7, 11) is 0.346. The Morgan fingerprint density at radius 1 is 1.19 bits per heavy atom. The molecule has 1 aliphatic carbocycles. The summed E-state index contributed by atoms with van der Waals surface area (Å²) in [6.07, 6.45) is 0.179. The van der Waals surface area contributed by atoms with Gasteiger partial charge in [0.05, 0.1) is 31.1 Å². The highest BCUT2D eigenvalue weighted by molar-refractivity contribution is 7.09. The van der Waals surface area contributed by atoms with Crippen LogP contribution in [0.2, 0.25) is 0 Å². The van der Waals surface area contributed by atoms with E-state index in [2.05, 4.69) is 0 Å². The Bertz CT molecular complexity index is 1070. The van der Waals surface area contributed by atoms with Gasteiger partial charge in [0.25, 0.3) is 0 Å². The number of rotatable bonds is 5. The van der Waals surface area contributed by atoms with Crippen molar-refractivity contribution >= 4 is 30.3 Å². The molecule has 0 bridgehead atoms. The van der Waals surface area contributed by atoms with Gasteiger partial charge in [-0.1, -0.05) is 24.3 Å². The Morgan fingerprint density at radius 2 is 2.00 bits per heavy atom. The Kier molecular flexibility index (Phi) is 5.67. The first-order valence-corrected chi connectivity index (χ1v) is 11.6. The van der Waals surface area contributed by atoms with Gasteiger partial charge >= 0.3 is 7.12 Å². The van der Waals surface area contributed by atoms with E-state index in [9.17, 15) is 19.7 Å². The number of ether oxygens (including phenoxy) is 1. The minimum atomic E-state index is -1.22. The molecule has 2 amide bonds. The smallest absolute Gasteiger partial charge is 0.487 e. The molecular formula is C23H24BNO6S. The number of benzene rings is 1. The summed E-state index contributed by atoms with van der Waals surface area (Å²) < 4.78 is 11.3. The molecular weight excluding hydrogens is 429 g/mol. The van der Waals surface area contributed by atoms with E-state index in [0.29, 0.717) is 23.9 Å². The fourth-order valence-corrected chi connectivity index (χ4v) is 6.15. The number of allylic oxidation sites excluding steroid dienone is 1. The van der Waals surface area contributed by atoms with Gasteiger partial charge in [-0.2, -0.15) is 0 Å². The van der Waals surface area contributed by atoms with Crippen molar-refractivity contribution in [3.8, 4) is 5.75 Å². The van der Waals surface area contributed by atoms with Crippen LogP contribution in [0.1, 0.15) is 29.4 Å². The zero-order valence-electron chi connectivity index (χ0n) is 17.6. The average molecular weight is 453 g/mol. The maximum Gasteiger partial charge on any atom is 0.487 e. The van der Waals surface area contributed by atoms with Gasteiger partial charge in [0.2, 0.25) is 11.8 Å². The van der Waals surface area contributed by atoms with Gasteiger partial charge in [-0.3, -0.25) is 14.5 Å². The molecule has 3 aliphatic rings. The first kappa shape index (κ1) is 21.4. The highest BCUT2D eigenvalue weighted by Crippen LogP contribution is 2.52. The number of imide groups is 1. The van der Waals surface area contributed by atoms with Crippen LogP contribution in [0.3, 0.4) is 0 Å². The number of amides is 2. The van der Waals surface area contributed by atoms with E-state index in [1.165, 1.54) is 16.2 Å². The lowest BCUT2D eigenvalue weighted by Crippen LogP contribution is -2.45. The van der Waals surface area contributed by atoms with Crippen molar-refractivity contribution in [1.82, 2.24) is 4.90 Å². The molecule has 1 aromatic heterocycles. The highest BCUT2D eigenvalue weighted by Gasteiger charge is 2.57. The van der Waals surface area contributed by atoms with Crippen LogP contribution >= 0.6 is 11.3 Å². The predicted molar refractivity (Wildman–Crippen MR) is 118 cm³/mol. The summed E-state index contributed by atoms with van der Waals surface area (Å²) >= 11 is 1.51. The molecule has 7 nitrogen and oxygen atoms in total. The molecule has 32 heavy (non-hydrogen) atoms. The van der Waals surface area contributed by atoms with Crippen molar-refractivity contribution in [1.29, 1.82) is 0 Å². The number of phenols is 1. The number of aromatic hydroxyl groups is 1. The van der Waals surface area contributed by atoms with E-state index in [0.717, 1.165) is 10.5 Å². The number of carbonyl (C=O) groups is 2. The van der Waals surface area contributed by atoms with E-state index < -0.39 is 25.1 Å². The lowest BCUT2D eigenvalue weighted by atomic mass is 9.55. The zero-order valence-corrected chi connectivity index (χ0v) is 18.5. The Hall–Kier alpha value is -2.46. The molecule has 2 aliphatic heterocycles. The summed E-state index contributed by atoms with van der Waals surface area (Å²) in [5, 5.41) is 23.2. The molecule has 1 aromatic carbocycles. The van der Waals surface area contributed by atoms with E-state index in [-0.39, 0.29) is 36.6 Å². The van der Waals surface area contributed by atoms with Gasteiger partial charge < -0.3 is 19.5 Å². The second-order valence-electron chi connectivity index (χ2n) is 8.55. The Labute approximate surface area is 190 Å². The normalized spacial score (nSPS) is 27.7. The molecule has 2 N–H and O–H groups in total. The molecule has 9 heteroatoms. The standard InChI is InChI=1S/C23H24BNO6S/c1-30-12-13-9-17-20(23(28)25(22(17)27)11-14-5-4-8-32-14)16-10-19(31-24(29)21(13)16)15-6-2-3-7-18(15)26/h2-8,16-17,19-20,26,29H,9-12H2,1H3/t16-,17-,19-,20+/m0/s1. The summed E-state index contributed by atoms with van der Waals surface area (Å²) in [6.45, 7) is 0.537. The molecule has 0 unspecified atom stereocenters.